The molecule has 0 radical (unpaired) electrons. The number of aliphatic hydroxyl groups is 1. The van der Waals surface area contributed by atoms with Crippen molar-refractivity contribution in [1.29, 1.82) is 0 Å². The summed E-state index contributed by atoms with van der Waals surface area (Å²) in [6.07, 6.45) is 5.72. The largest absolute Gasteiger partial charge is 0.382 e. The van der Waals surface area contributed by atoms with Gasteiger partial charge in [-0.3, -0.25) is 0 Å². The van der Waals surface area contributed by atoms with E-state index < -0.39 is 22.5 Å². The molecule has 0 saturated heterocycles. The molecule has 0 spiro atoms. The lowest BCUT2D eigenvalue weighted by atomic mass is 9.90. The standard InChI is InChI=1S/C17H16F2N8OS2/c1-11(29-16-24-15(25-30-16)5-26-9-20-7-22-26)17(28,6-27-10-21-8-23-27)13-3-2-12(18)4-14(13)19/h2-4,7-11,28H,5-6H2,1H3/t11-,17-/m1/s1. The molecule has 0 aliphatic rings. The quantitative estimate of drug-likeness (QED) is 0.407. The Morgan fingerprint density at radius 2 is 1.90 bits per heavy atom. The fourth-order valence-electron chi connectivity index (χ4n) is 2.89. The van der Waals surface area contributed by atoms with Crippen LogP contribution in [0.4, 0.5) is 8.78 Å². The molecule has 0 aliphatic heterocycles. The highest BCUT2D eigenvalue weighted by molar-refractivity contribution is 8.01. The number of rotatable bonds is 8. The summed E-state index contributed by atoms with van der Waals surface area (Å²) < 4.78 is 35.9. The number of nitrogens with zero attached hydrogens (tertiary/aromatic N) is 8. The van der Waals surface area contributed by atoms with Crippen molar-refractivity contribution in [2.75, 3.05) is 0 Å². The van der Waals surface area contributed by atoms with Crippen molar-refractivity contribution in [3.05, 3.63) is 66.5 Å². The van der Waals surface area contributed by atoms with Crippen molar-refractivity contribution in [2.24, 2.45) is 0 Å². The molecule has 3 heterocycles. The number of thioether (sulfide) groups is 1. The Bertz CT molecular complexity index is 1110. The molecule has 0 saturated carbocycles. The summed E-state index contributed by atoms with van der Waals surface area (Å²) >= 11 is 2.41. The van der Waals surface area contributed by atoms with Crippen LogP contribution in [0.3, 0.4) is 0 Å². The summed E-state index contributed by atoms with van der Waals surface area (Å²) in [5, 5.41) is 19.0. The third-order valence-electron chi connectivity index (χ3n) is 4.44. The minimum atomic E-state index is -1.71. The van der Waals surface area contributed by atoms with Crippen molar-refractivity contribution < 1.29 is 13.9 Å². The minimum absolute atomic E-state index is 0.0354. The highest BCUT2D eigenvalue weighted by atomic mass is 32.2. The second kappa shape index (κ2) is 8.53. The van der Waals surface area contributed by atoms with Crippen molar-refractivity contribution >= 4 is 23.3 Å². The maximum Gasteiger partial charge on any atom is 0.170 e. The van der Waals surface area contributed by atoms with Gasteiger partial charge >= 0.3 is 0 Å². The molecule has 13 heteroatoms. The predicted molar refractivity (Wildman–Crippen MR) is 105 cm³/mol. The first-order valence-corrected chi connectivity index (χ1v) is 10.4. The Morgan fingerprint density at radius 1 is 1.17 bits per heavy atom. The van der Waals surface area contributed by atoms with Crippen LogP contribution in [0, 0.1) is 11.6 Å². The van der Waals surface area contributed by atoms with Gasteiger partial charge in [-0.15, -0.1) is 0 Å². The Hall–Kier alpha value is -2.77. The van der Waals surface area contributed by atoms with Gasteiger partial charge in [0.25, 0.3) is 0 Å². The topological polar surface area (TPSA) is 107 Å². The SMILES string of the molecule is C[C@@H](Sc1nc(Cn2cncn2)ns1)[C@](O)(Cn1cncn1)c1ccc(F)cc1F. The Kier molecular flexibility index (Phi) is 5.83. The lowest BCUT2D eigenvalue weighted by Crippen LogP contribution is -2.41. The van der Waals surface area contributed by atoms with Crippen LogP contribution in [0.25, 0.3) is 0 Å². The zero-order valence-electron chi connectivity index (χ0n) is 15.6. The number of hydrogen-bond donors (Lipinski definition) is 1. The van der Waals surface area contributed by atoms with E-state index in [1.54, 1.807) is 17.9 Å². The summed E-state index contributed by atoms with van der Waals surface area (Å²) in [6, 6.07) is 3.11. The van der Waals surface area contributed by atoms with E-state index >= 15 is 0 Å². The number of benzene rings is 1. The maximum atomic E-state index is 14.6. The van der Waals surface area contributed by atoms with Crippen LogP contribution in [0.2, 0.25) is 0 Å². The lowest BCUT2D eigenvalue weighted by molar-refractivity contribution is 0.0133. The average Bonchev–Trinajstić information content (AvgIpc) is 3.46. The van der Waals surface area contributed by atoms with Gasteiger partial charge in [0.05, 0.1) is 6.54 Å². The number of hydrogen-bond acceptors (Lipinski definition) is 9. The molecular weight excluding hydrogens is 434 g/mol. The van der Waals surface area contributed by atoms with Gasteiger partial charge in [-0.05, 0) is 24.5 Å². The summed E-state index contributed by atoms with van der Waals surface area (Å²) in [7, 11) is 0. The van der Waals surface area contributed by atoms with Crippen LogP contribution in [0.5, 0.6) is 0 Å². The van der Waals surface area contributed by atoms with Crippen LogP contribution in [-0.4, -0.2) is 49.2 Å². The average molecular weight is 451 g/mol. The summed E-state index contributed by atoms with van der Waals surface area (Å²) in [5.74, 6) is -1.01. The molecule has 30 heavy (non-hydrogen) atoms. The van der Waals surface area contributed by atoms with Gasteiger partial charge in [0.2, 0.25) is 0 Å². The van der Waals surface area contributed by atoms with Gasteiger partial charge < -0.3 is 5.11 Å². The van der Waals surface area contributed by atoms with Crippen molar-refractivity contribution in [3.8, 4) is 0 Å². The molecule has 2 atom stereocenters. The molecule has 3 aromatic heterocycles. The smallest absolute Gasteiger partial charge is 0.170 e. The van der Waals surface area contributed by atoms with E-state index in [0.29, 0.717) is 16.7 Å². The molecule has 0 unspecified atom stereocenters. The molecule has 9 nitrogen and oxygen atoms in total. The fraction of sp³-hybridized carbons (Fsp3) is 0.294. The molecule has 0 fully saturated rings. The summed E-state index contributed by atoms with van der Waals surface area (Å²) in [6.45, 7) is 2.03. The van der Waals surface area contributed by atoms with E-state index in [0.717, 1.165) is 12.1 Å². The highest BCUT2D eigenvalue weighted by Crippen LogP contribution is 2.39. The molecule has 0 aliphatic carbocycles. The van der Waals surface area contributed by atoms with E-state index in [-0.39, 0.29) is 12.1 Å². The van der Waals surface area contributed by atoms with Gasteiger partial charge in [0.1, 0.15) is 49.1 Å². The van der Waals surface area contributed by atoms with Crippen LogP contribution in [0.1, 0.15) is 18.3 Å². The zero-order chi connectivity index (χ0) is 21.1. The number of halogens is 2. The highest BCUT2D eigenvalue weighted by Gasteiger charge is 2.40. The first-order chi connectivity index (χ1) is 14.4. The van der Waals surface area contributed by atoms with Crippen molar-refractivity contribution in [3.63, 3.8) is 0 Å². The molecule has 4 aromatic rings. The van der Waals surface area contributed by atoms with Crippen LogP contribution in [0.15, 0.2) is 47.8 Å². The monoisotopic (exact) mass is 450 g/mol. The maximum absolute atomic E-state index is 14.6. The Balaban J connectivity index is 1.59. The predicted octanol–water partition coefficient (Wildman–Crippen LogP) is 2.12. The molecule has 0 bridgehead atoms. The second-order valence-corrected chi connectivity index (χ2v) is 8.81. The van der Waals surface area contributed by atoms with E-state index in [9.17, 15) is 13.9 Å². The van der Waals surface area contributed by atoms with Gasteiger partial charge in [0, 0.05) is 16.9 Å². The third kappa shape index (κ3) is 4.37. The molecule has 1 aromatic carbocycles. The van der Waals surface area contributed by atoms with Gasteiger partial charge in [-0.2, -0.15) is 14.6 Å². The van der Waals surface area contributed by atoms with E-state index in [2.05, 4.69) is 29.5 Å². The Morgan fingerprint density at radius 3 is 2.57 bits per heavy atom. The summed E-state index contributed by atoms with van der Waals surface area (Å²) in [4.78, 5) is 12.2. The van der Waals surface area contributed by atoms with E-state index in [1.165, 1.54) is 53.0 Å². The first-order valence-electron chi connectivity index (χ1n) is 8.76. The second-order valence-electron chi connectivity index (χ2n) is 6.47. The normalized spacial score (nSPS) is 14.5. The fourth-order valence-corrected chi connectivity index (χ4v) is 4.89. The third-order valence-corrected chi connectivity index (χ3v) is 6.53. The lowest BCUT2D eigenvalue weighted by Gasteiger charge is -2.33. The molecule has 0 amide bonds. The van der Waals surface area contributed by atoms with Gasteiger partial charge in [-0.25, -0.2) is 33.1 Å². The van der Waals surface area contributed by atoms with Gasteiger partial charge in [0.15, 0.2) is 10.2 Å². The Labute approximate surface area is 178 Å². The van der Waals surface area contributed by atoms with Crippen LogP contribution >= 0.6 is 23.3 Å². The molecular formula is C17H16F2N8OS2. The summed E-state index contributed by atoms with van der Waals surface area (Å²) in [5.41, 5.74) is -1.75. The molecule has 156 valence electrons. The molecule has 4 rings (SSSR count). The van der Waals surface area contributed by atoms with E-state index in [4.69, 9.17) is 0 Å². The van der Waals surface area contributed by atoms with Crippen molar-refractivity contribution in [2.45, 2.75) is 35.2 Å². The van der Waals surface area contributed by atoms with Crippen LogP contribution < -0.4 is 0 Å². The van der Waals surface area contributed by atoms with E-state index in [1.807, 2.05) is 0 Å². The minimum Gasteiger partial charge on any atom is -0.382 e. The van der Waals surface area contributed by atoms with Crippen LogP contribution in [-0.2, 0) is 18.7 Å². The zero-order valence-corrected chi connectivity index (χ0v) is 17.3. The van der Waals surface area contributed by atoms with Gasteiger partial charge in [-0.1, -0.05) is 17.8 Å². The van der Waals surface area contributed by atoms with Crippen molar-refractivity contribution in [1.82, 2.24) is 38.9 Å². The number of aromatic nitrogens is 8. The first kappa shape index (κ1) is 20.5. The molecule has 1 N–H and O–H groups in total.